The SMILES string of the molecule is COc1cccc(Cn2c(C)c(C)c3cc(C#N)nc(N4CCc5ccccc5C4)c32)c1. The van der Waals surface area contributed by atoms with Crippen molar-refractivity contribution in [3.8, 4) is 11.8 Å². The van der Waals surface area contributed by atoms with E-state index in [-0.39, 0.29) is 0 Å². The van der Waals surface area contributed by atoms with Gasteiger partial charge in [-0.3, -0.25) is 0 Å². The van der Waals surface area contributed by atoms with Crippen LogP contribution >= 0.6 is 0 Å². The first-order chi connectivity index (χ1) is 15.6. The van der Waals surface area contributed by atoms with Gasteiger partial charge in [0.25, 0.3) is 0 Å². The third-order valence-electron chi connectivity index (χ3n) is 6.62. The molecule has 0 bridgehead atoms. The number of aryl methyl sites for hydroxylation is 1. The standard InChI is InChI=1S/C27H26N4O/c1-18-19(2)31(16-20-7-6-10-24(13-20)32-3)26-25(18)14-23(15-28)29-27(26)30-12-11-21-8-4-5-9-22(21)17-30/h4-10,13-14H,11-12,16-17H2,1-3H3. The Kier molecular flexibility index (Phi) is 5.07. The molecule has 5 nitrogen and oxygen atoms in total. The largest absolute Gasteiger partial charge is 0.497 e. The zero-order valence-corrected chi connectivity index (χ0v) is 18.7. The quantitative estimate of drug-likeness (QED) is 0.457. The molecule has 0 saturated heterocycles. The smallest absolute Gasteiger partial charge is 0.155 e. The third kappa shape index (κ3) is 3.38. The summed E-state index contributed by atoms with van der Waals surface area (Å²) in [6.07, 6.45) is 0.977. The summed E-state index contributed by atoms with van der Waals surface area (Å²) in [5, 5.41) is 10.8. The average Bonchev–Trinajstić information content (AvgIpc) is 3.08. The van der Waals surface area contributed by atoms with Crippen LogP contribution in [0.2, 0.25) is 0 Å². The summed E-state index contributed by atoms with van der Waals surface area (Å²) in [4.78, 5) is 7.15. The van der Waals surface area contributed by atoms with Crippen molar-refractivity contribution in [2.24, 2.45) is 0 Å². The molecule has 0 radical (unpaired) electrons. The van der Waals surface area contributed by atoms with Crippen LogP contribution < -0.4 is 9.64 Å². The molecular formula is C27H26N4O. The molecule has 0 fully saturated rings. The van der Waals surface area contributed by atoms with E-state index < -0.39 is 0 Å². The number of hydrogen-bond acceptors (Lipinski definition) is 4. The van der Waals surface area contributed by atoms with Crippen molar-refractivity contribution in [1.82, 2.24) is 9.55 Å². The first-order valence-electron chi connectivity index (χ1n) is 10.9. The molecule has 3 heterocycles. The zero-order valence-electron chi connectivity index (χ0n) is 18.7. The van der Waals surface area contributed by atoms with Crippen molar-refractivity contribution >= 4 is 16.7 Å². The van der Waals surface area contributed by atoms with Crippen LogP contribution in [-0.2, 0) is 19.5 Å². The molecule has 0 saturated carbocycles. The highest BCUT2D eigenvalue weighted by molar-refractivity contribution is 5.94. The molecule has 160 valence electrons. The van der Waals surface area contributed by atoms with Gasteiger partial charge in [-0.25, -0.2) is 4.98 Å². The maximum atomic E-state index is 9.69. The number of anilines is 1. The van der Waals surface area contributed by atoms with E-state index in [1.165, 1.54) is 27.9 Å². The number of rotatable bonds is 4. The summed E-state index contributed by atoms with van der Waals surface area (Å²) in [6.45, 7) is 6.69. The highest BCUT2D eigenvalue weighted by Crippen LogP contribution is 2.35. The predicted molar refractivity (Wildman–Crippen MR) is 127 cm³/mol. The molecule has 2 aromatic carbocycles. The Bertz CT molecular complexity index is 1360. The molecular weight excluding hydrogens is 396 g/mol. The lowest BCUT2D eigenvalue weighted by atomic mass is 10.00. The average molecular weight is 423 g/mol. The molecule has 32 heavy (non-hydrogen) atoms. The van der Waals surface area contributed by atoms with Crippen LogP contribution in [0.1, 0.15) is 33.6 Å². The minimum absolute atomic E-state index is 0.466. The third-order valence-corrected chi connectivity index (χ3v) is 6.62. The summed E-state index contributed by atoms with van der Waals surface area (Å²) in [6, 6.07) is 21.0. The Morgan fingerprint density at radius 1 is 1.06 bits per heavy atom. The van der Waals surface area contributed by atoms with Crippen LogP contribution in [-0.4, -0.2) is 23.2 Å². The van der Waals surface area contributed by atoms with Gasteiger partial charge in [0.2, 0.25) is 0 Å². The topological polar surface area (TPSA) is 54.1 Å². The van der Waals surface area contributed by atoms with Gasteiger partial charge in [-0.05, 0) is 60.7 Å². The van der Waals surface area contributed by atoms with Crippen LogP contribution in [0.4, 0.5) is 5.82 Å². The summed E-state index contributed by atoms with van der Waals surface area (Å²) >= 11 is 0. The van der Waals surface area contributed by atoms with Gasteiger partial charge in [-0.15, -0.1) is 0 Å². The lowest BCUT2D eigenvalue weighted by Gasteiger charge is -2.30. The number of nitriles is 1. The van der Waals surface area contributed by atoms with E-state index in [1.807, 2.05) is 18.2 Å². The molecule has 0 atom stereocenters. The second-order valence-corrected chi connectivity index (χ2v) is 8.43. The van der Waals surface area contributed by atoms with Crippen molar-refractivity contribution in [2.75, 3.05) is 18.6 Å². The zero-order chi connectivity index (χ0) is 22.2. The number of aromatic nitrogens is 2. The number of pyridine rings is 1. The van der Waals surface area contributed by atoms with E-state index in [9.17, 15) is 5.26 Å². The van der Waals surface area contributed by atoms with Crippen LogP contribution in [0.3, 0.4) is 0 Å². The van der Waals surface area contributed by atoms with E-state index in [0.717, 1.165) is 48.5 Å². The Labute approximate surface area is 188 Å². The van der Waals surface area contributed by atoms with E-state index in [4.69, 9.17) is 9.72 Å². The van der Waals surface area contributed by atoms with Crippen LogP contribution in [0.25, 0.3) is 10.9 Å². The van der Waals surface area contributed by atoms with Gasteiger partial charge < -0.3 is 14.2 Å². The molecule has 0 spiro atoms. The number of nitrogens with zero attached hydrogens (tertiary/aromatic N) is 4. The van der Waals surface area contributed by atoms with Crippen molar-refractivity contribution in [1.29, 1.82) is 5.26 Å². The second-order valence-electron chi connectivity index (χ2n) is 8.43. The first-order valence-corrected chi connectivity index (χ1v) is 10.9. The van der Waals surface area contributed by atoms with Crippen LogP contribution in [0.15, 0.2) is 54.6 Å². The van der Waals surface area contributed by atoms with Crippen LogP contribution in [0, 0.1) is 25.2 Å². The molecule has 0 amide bonds. The summed E-state index contributed by atoms with van der Waals surface area (Å²) in [7, 11) is 1.69. The van der Waals surface area contributed by atoms with E-state index in [2.05, 4.69) is 65.8 Å². The lowest BCUT2D eigenvalue weighted by molar-refractivity contribution is 0.414. The summed E-state index contributed by atoms with van der Waals surface area (Å²) in [5.74, 6) is 1.75. The van der Waals surface area contributed by atoms with Crippen molar-refractivity contribution < 1.29 is 4.74 Å². The molecule has 0 aliphatic carbocycles. The molecule has 0 unspecified atom stereocenters. The minimum atomic E-state index is 0.466. The second kappa shape index (κ2) is 8.05. The Morgan fingerprint density at radius 2 is 1.88 bits per heavy atom. The molecule has 4 aromatic rings. The van der Waals surface area contributed by atoms with Gasteiger partial charge in [-0.2, -0.15) is 5.26 Å². The van der Waals surface area contributed by atoms with E-state index in [0.29, 0.717) is 5.69 Å². The number of methoxy groups -OCH3 is 1. The van der Waals surface area contributed by atoms with Gasteiger partial charge in [0, 0.05) is 30.7 Å². The van der Waals surface area contributed by atoms with Gasteiger partial charge in [0.05, 0.1) is 12.6 Å². The Balaban J connectivity index is 1.67. The fourth-order valence-corrected chi connectivity index (χ4v) is 4.75. The molecule has 1 aliphatic heterocycles. The molecule has 5 heteroatoms. The lowest BCUT2D eigenvalue weighted by Crippen LogP contribution is -2.31. The Hall–Kier alpha value is -3.78. The number of ether oxygens (including phenoxy) is 1. The van der Waals surface area contributed by atoms with Gasteiger partial charge >= 0.3 is 0 Å². The molecule has 1 aliphatic rings. The maximum Gasteiger partial charge on any atom is 0.155 e. The highest BCUT2D eigenvalue weighted by atomic mass is 16.5. The van der Waals surface area contributed by atoms with E-state index >= 15 is 0 Å². The fourth-order valence-electron chi connectivity index (χ4n) is 4.75. The van der Waals surface area contributed by atoms with Crippen LogP contribution in [0.5, 0.6) is 5.75 Å². The predicted octanol–water partition coefficient (Wildman–Crippen LogP) is 5.14. The van der Waals surface area contributed by atoms with Gasteiger partial charge in [-0.1, -0.05) is 36.4 Å². The van der Waals surface area contributed by atoms with Crippen molar-refractivity contribution in [3.05, 3.63) is 88.2 Å². The number of benzene rings is 2. The molecule has 2 aromatic heterocycles. The van der Waals surface area contributed by atoms with Crippen molar-refractivity contribution in [2.45, 2.75) is 33.4 Å². The minimum Gasteiger partial charge on any atom is -0.497 e. The number of fused-ring (bicyclic) bond motifs is 2. The van der Waals surface area contributed by atoms with E-state index in [1.54, 1.807) is 7.11 Å². The Morgan fingerprint density at radius 3 is 2.66 bits per heavy atom. The maximum absolute atomic E-state index is 9.69. The molecule has 5 rings (SSSR count). The fraction of sp³-hybridized carbons (Fsp3) is 0.259. The first kappa shape index (κ1) is 20.1. The monoisotopic (exact) mass is 422 g/mol. The summed E-state index contributed by atoms with van der Waals surface area (Å²) in [5.41, 5.74) is 7.85. The van der Waals surface area contributed by atoms with Gasteiger partial charge in [0.15, 0.2) is 5.82 Å². The summed E-state index contributed by atoms with van der Waals surface area (Å²) < 4.78 is 7.77. The van der Waals surface area contributed by atoms with Crippen molar-refractivity contribution in [3.63, 3.8) is 0 Å². The number of hydrogen-bond donors (Lipinski definition) is 0. The normalized spacial score (nSPS) is 13.1. The molecule has 0 N–H and O–H groups in total. The highest BCUT2D eigenvalue weighted by Gasteiger charge is 2.24. The van der Waals surface area contributed by atoms with Gasteiger partial charge in [0.1, 0.15) is 17.5 Å².